The van der Waals surface area contributed by atoms with Gasteiger partial charge in [0.1, 0.15) is 35.7 Å². The Balaban J connectivity index is 0.00000729. The Labute approximate surface area is 345 Å². The summed E-state index contributed by atoms with van der Waals surface area (Å²) >= 11 is 0. The highest BCUT2D eigenvalue weighted by Gasteiger charge is 2.40. The number of aromatic hydroxyl groups is 2. The minimum absolute atomic E-state index is 0. The van der Waals surface area contributed by atoms with Crippen molar-refractivity contribution in [3.8, 4) is 22.6 Å². The number of amides is 5. The molecule has 2 aliphatic heterocycles. The predicted molar refractivity (Wildman–Crippen MR) is 219 cm³/mol. The molecule has 1 saturated heterocycles. The molecule has 0 aliphatic carbocycles. The summed E-state index contributed by atoms with van der Waals surface area (Å²) in [6, 6.07) is 4.37. The van der Waals surface area contributed by atoms with E-state index < -0.39 is 59.7 Å². The van der Waals surface area contributed by atoms with Crippen LogP contribution in [0.15, 0.2) is 36.4 Å². The Morgan fingerprint density at radius 3 is 2.02 bits per heavy atom. The highest BCUT2D eigenvalue weighted by Crippen LogP contribution is 2.31. The molecular weight excluding hydrogens is 800 g/mol. The van der Waals surface area contributed by atoms with Gasteiger partial charge in [0.05, 0.1) is 6.04 Å². The van der Waals surface area contributed by atoms with E-state index in [1.165, 1.54) is 17.0 Å². The number of nitrogens with zero attached hydrogens (tertiary/aromatic N) is 1. The quantitative estimate of drug-likeness (QED) is 0.134. The van der Waals surface area contributed by atoms with Crippen LogP contribution >= 0.6 is 49.6 Å². The maximum absolute atomic E-state index is 14.4. The summed E-state index contributed by atoms with van der Waals surface area (Å²) in [7, 11) is 0. The molecule has 4 bridgehead atoms. The summed E-state index contributed by atoms with van der Waals surface area (Å²) in [5.74, 6) is -2.99. The summed E-state index contributed by atoms with van der Waals surface area (Å²) in [4.78, 5) is 69.3. The molecule has 0 spiro atoms. The van der Waals surface area contributed by atoms with Gasteiger partial charge in [-0.05, 0) is 98.1 Å². The topological polar surface area (TPSA) is 281 Å². The van der Waals surface area contributed by atoms with Crippen LogP contribution in [-0.2, 0) is 36.8 Å². The fourth-order valence-electron chi connectivity index (χ4n) is 6.43. The molecule has 310 valence electrons. The maximum atomic E-state index is 14.4. The number of nitrogens with one attached hydrogen (secondary N) is 4. The van der Waals surface area contributed by atoms with Gasteiger partial charge in [0.25, 0.3) is 0 Å². The average molecular weight is 856 g/mol. The minimum atomic E-state index is -1.26. The summed E-state index contributed by atoms with van der Waals surface area (Å²) in [5.41, 5.74) is 25.2. The van der Waals surface area contributed by atoms with Crippen molar-refractivity contribution in [1.82, 2.24) is 26.2 Å². The number of fused-ring (bicyclic) bond motifs is 5. The number of nitrogens with two attached hydrogens (primary N) is 4. The normalized spacial score (nSPS) is 19.9. The van der Waals surface area contributed by atoms with E-state index in [0.717, 1.165) is 0 Å². The van der Waals surface area contributed by atoms with Gasteiger partial charge >= 0.3 is 0 Å². The SMILES string of the molecule is Cl.Cl.Cl.Cl.NCCC[C@@H]1NC(=O)[C@H](N)Cc2cc(ccc2O)-c2ccc(O)c(c2)C[C@H](C(=O)N2CCC[C@H]2C(=O)N[C@@H](CCCN)C(=O)NCCN)NC1=O. The van der Waals surface area contributed by atoms with Gasteiger partial charge in [0, 0.05) is 32.5 Å². The lowest BCUT2D eigenvalue weighted by Crippen LogP contribution is -2.59. The Bertz CT molecular complexity index is 1590. The largest absolute Gasteiger partial charge is 0.508 e. The van der Waals surface area contributed by atoms with Crippen molar-refractivity contribution in [3.05, 3.63) is 47.5 Å². The maximum Gasteiger partial charge on any atom is 0.246 e. The number of rotatable bonds is 12. The van der Waals surface area contributed by atoms with Crippen LogP contribution in [0.25, 0.3) is 11.1 Å². The number of halogens is 4. The fraction of sp³-hybridized carbons (Fsp3) is 0.514. The Morgan fingerprint density at radius 2 is 1.44 bits per heavy atom. The van der Waals surface area contributed by atoms with Crippen LogP contribution in [0.1, 0.15) is 49.7 Å². The molecule has 16 nitrogen and oxygen atoms in total. The molecule has 2 aromatic carbocycles. The number of phenolic OH excluding ortho intramolecular Hbond substituents is 2. The molecule has 20 heteroatoms. The van der Waals surface area contributed by atoms with Gasteiger partial charge in [-0.2, -0.15) is 0 Å². The summed E-state index contributed by atoms with van der Waals surface area (Å²) in [5, 5.41) is 32.4. The van der Waals surface area contributed by atoms with Crippen molar-refractivity contribution >= 4 is 79.2 Å². The first-order valence-corrected chi connectivity index (χ1v) is 17.5. The zero-order valence-electron chi connectivity index (χ0n) is 30.4. The number of benzene rings is 2. The van der Waals surface area contributed by atoms with Gasteiger partial charge in [-0.25, -0.2) is 0 Å². The lowest BCUT2D eigenvalue weighted by Gasteiger charge is -2.31. The molecule has 2 aromatic rings. The number of likely N-dealkylation sites (tertiary alicyclic amines) is 1. The predicted octanol–water partition coefficient (Wildman–Crippen LogP) is -0.124. The van der Waals surface area contributed by atoms with Crippen molar-refractivity contribution in [3.63, 3.8) is 0 Å². The highest BCUT2D eigenvalue weighted by molar-refractivity contribution is 5.96. The number of carbonyl (C=O) groups excluding carboxylic acids is 5. The zero-order valence-corrected chi connectivity index (χ0v) is 33.6. The summed E-state index contributed by atoms with van der Waals surface area (Å²) in [6.45, 7) is 1.20. The molecule has 1 fully saturated rings. The average Bonchev–Trinajstić information content (AvgIpc) is 3.61. The number of phenols is 2. The molecule has 5 amide bonds. The second-order valence-electron chi connectivity index (χ2n) is 13.0. The van der Waals surface area contributed by atoms with E-state index in [1.54, 1.807) is 24.3 Å². The molecule has 4 rings (SSSR count). The molecule has 55 heavy (non-hydrogen) atoms. The van der Waals surface area contributed by atoms with E-state index >= 15 is 0 Å². The standard InChI is InChI=1S/C35H51N9O7.4ClH/c36-11-1-4-25(32(48)40-14-13-38)42-34(50)28-6-3-15-44(28)35(51)27-19-23-17-21(8-10-30(23)46)20-7-9-29(45)22(16-20)18-24(39)31(47)41-26(5-2-12-37)33(49)43-27;;;;/h7-10,16-17,24-28,45-46H,1-6,11-15,18-19,36-39H2,(H,40,48)(H,41,47)(H,42,50)(H,43,49);4*1H/t24-,25+,26+,27-,28+;;;;/m1..../s1. The van der Waals surface area contributed by atoms with Gasteiger partial charge in [0.15, 0.2) is 0 Å². The monoisotopic (exact) mass is 853 g/mol. The summed E-state index contributed by atoms with van der Waals surface area (Å²) in [6.07, 6.45) is 1.92. The molecular formula is C35H55Cl4N9O7. The van der Waals surface area contributed by atoms with Crippen LogP contribution in [0.4, 0.5) is 0 Å². The molecule has 5 atom stereocenters. The lowest BCUT2D eigenvalue weighted by atomic mass is 9.95. The van der Waals surface area contributed by atoms with E-state index in [0.29, 0.717) is 54.5 Å². The molecule has 14 N–H and O–H groups in total. The first-order valence-electron chi connectivity index (χ1n) is 17.5. The van der Waals surface area contributed by atoms with Crippen molar-refractivity contribution < 1.29 is 34.2 Å². The van der Waals surface area contributed by atoms with E-state index in [2.05, 4.69) is 21.3 Å². The van der Waals surface area contributed by atoms with E-state index in [-0.39, 0.29) is 113 Å². The smallest absolute Gasteiger partial charge is 0.246 e. The molecule has 0 unspecified atom stereocenters. The second-order valence-corrected chi connectivity index (χ2v) is 13.0. The van der Waals surface area contributed by atoms with Gasteiger partial charge in [-0.3, -0.25) is 24.0 Å². The first kappa shape index (κ1) is 51.4. The van der Waals surface area contributed by atoms with Crippen LogP contribution in [0, 0.1) is 0 Å². The van der Waals surface area contributed by atoms with Gasteiger partial charge in [-0.1, -0.05) is 12.1 Å². The minimum Gasteiger partial charge on any atom is -0.508 e. The number of hydrogen-bond donors (Lipinski definition) is 10. The van der Waals surface area contributed by atoms with Crippen LogP contribution < -0.4 is 44.2 Å². The lowest BCUT2D eigenvalue weighted by molar-refractivity contribution is -0.142. The van der Waals surface area contributed by atoms with E-state index in [4.69, 9.17) is 22.9 Å². The van der Waals surface area contributed by atoms with Crippen molar-refractivity contribution in [1.29, 1.82) is 0 Å². The van der Waals surface area contributed by atoms with Gasteiger partial charge in [0.2, 0.25) is 29.5 Å². The molecule has 0 aromatic heterocycles. The Morgan fingerprint density at radius 1 is 0.836 bits per heavy atom. The molecule has 0 radical (unpaired) electrons. The third-order valence-corrected chi connectivity index (χ3v) is 9.25. The number of carbonyl (C=O) groups is 5. The van der Waals surface area contributed by atoms with E-state index in [9.17, 15) is 34.2 Å². The molecule has 2 heterocycles. The van der Waals surface area contributed by atoms with Crippen molar-refractivity contribution in [2.75, 3.05) is 32.7 Å². The third kappa shape index (κ3) is 13.8. The molecule has 0 saturated carbocycles. The van der Waals surface area contributed by atoms with E-state index in [1.807, 2.05) is 0 Å². The zero-order chi connectivity index (χ0) is 37.1. The van der Waals surface area contributed by atoms with Crippen LogP contribution in [0.3, 0.4) is 0 Å². The van der Waals surface area contributed by atoms with Gasteiger partial charge in [-0.15, -0.1) is 49.6 Å². The Kier molecular flexibility index (Phi) is 23.2. The van der Waals surface area contributed by atoms with Crippen molar-refractivity contribution in [2.45, 2.75) is 81.6 Å². The highest BCUT2D eigenvalue weighted by atomic mass is 35.5. The fourth-order valence-corrected chi connectivity index (χ4v) is 6.43. The van der Waals surface area contributed by atoms with Crippen LogP contribution in [0.2, 0.25) is 0 Å². The second kappa shape index (κ2) is 24.8. The van der Waals surface area contributed by atoms with Crippen LogP contribution in [0.5, 0.6) is 11.5 Å². The number of hydrogen-bond acceptors (Lipinski definition) is 11. The van der Waals surface area contributed by atoms with Crippen LogP contribution in [-0.4, -0.2) is 108 Å². The first-order chi connectivity index (χ1) is 24.5. The Hall–Kier alpha value is -3.61. The van der Waals surface area contributed by atoms with Gasteiger partial charge < -0.3 is 59.3 Å². The third-order valence-electron chi connectivity index (χ3n) is 9.25. The molecule has 2 aliphatic rings. The van der Waals surface area contributed by atoms with Crippen molar-refractivity contribution in [2.24, 2.45) is 22.9 Å². The summed E-state index contributed by atoms with van der Waals surface area (Å²) < 4.78 is 0.